The van der Waals surface area contributed by atoms with Crippen molar-refractivity contribution in [2.75, 3.05) is 5.32 Å². The predicted molar refractivity (Wildman–Crippen MR) is 86.1 cm³/mol. The van der Waals surface area contributed by atoms with Crippen LogP contribution in [0.2, 0.25) is 0 Å². The summed E-state index contributed by atoms with van der Waals surface area (Å²) < 4.78 is 3.61. The quantitative estimate of drug-likeness (QED) is 0.806. The number of aryl methyl sites for hydroxylation is 1. The number of fused-ring (bicyclic) bond motifs is 1. The third-order valence-electron chi connectivity index (χ3n) is 4.19. The molecule has 6 heteroatoms. The number of carbonyl (C=O) groups excluding carboxylic acids is 1. The monoisotopic (exact) mass is 307 g/mol. The predicted octanol–water partition coefficient (Wildman–Crippen LogP) is 2.14. The minimum absolute atomic E-state index is 0.0111. The number of benzene rings is 1. The maximum atomic E-state index is 12.1. The lowest BCUT2D eigenvalue weighted by atomic mass is 9.89. The van der Waals surface area contributed by atoms with Crippen molar-refractivity contribution in [3.05, 3.63) is 65.6 Å². The number of carbonyl (C=O) groups is 1. The Bertz CT molecular complexity index is 849. The van der Waals surface area contributed by atoms with Gasteiger partial charge in [-0.2, -0.15) is 10.2 Å². The highest BCUT2D eigenvalue weighted by Crippen LogP contribution is 2.36. The average molecular weight is 307 g/mol. The van der Waals surface area contributed by atoms with E-state index in [1.807, 2.05) is 48.5 Å². The van der Waals surface area contributed by atoms with Crippen LogP contribution < -0.4 is 5.32 Å². The molecule has 1 aliphatic heterocycles. The summed E-state index contributed by atoms with van der Waals surface area (Å²) in [6.07, 6.45) is 6.06. The SMILES string of the molecule is Cn1cc([C@@H]2CC(=O)Nc3c2cnn3Cc2ccccc2)cn1. The van der Waals surface area contributed by atoms with Gasteiger partial charge in [-0.25, -0.2) is 4.68 Å². The molecule has 0 aliphatic carbocycles. The summed E-state index contributed by atoms with van der Waals surface area (Å²) in [7, 11) is 1.88. The fourth-order valence-corrected chi connectivity index (χ4v) is 3.06. The number of aromatic nitrogens is 4. The summed E-state index contributed by atoms with van der Waals surface area (Å²) in [6.45, 7) is 0.635. The van der Waals surface area contributed by atoms with Gasteiger partial charge >= 0.3 is 0 Å². The second kappa shape index (κ2) is 5.39. The first kappa shape index (κ1) is 13.8. The largest absolute Gasteiger partial charge is 0.311 e. The highest BCUT2D eigenvalue weighted by molar-refractivity contribution is 5.94. The van der Waals surface area contributed by atoms with E-state index < -0.39 is 0 Å². The molecule has 0 radical (unpaired) electrons. The molecule has 1 N–H and O–H groups in total. The number of nitrogens with zero attached hydrogens (tertiary/aromatic N) is 4. The maximum absolute atomic E-state index is 12.1. The number of rotatable bonds is 3. The molecule has 1 aliphatic rings. The van der Waals surface area contributed by atoms with Crippen LogP contribution in [0, 0.1) is 0 Å². The second-order valence-corrected chi connectivity index (χ2v) is 5.84. The van der Waals surface area contributed by atoms with E-state index >= 15 is 0 Å². The standard InChI is InChI=1S/C17H17N5O/c1-21-11-13(8-18-21)14-7-16(23)20-17-15(14)9-19-22(17)10-12-5-3-2-4-6-12/h2-6,8-9,11,14H,7,10H2,1H3,(H,20,23)/t14-/m0/s1. The molecule has 0 saturated heterocycles. The molecule has 2 aromatic heterocycles. The van der Waals surface area contributed by atoms with Crippen LogP contribution >= 0.6 is 0 Å². The molecular weight excluding hydrogens is 290 g/mol. The Hall–Kier alpha value is -2.89. The van der Waals surface area contributed by atoms with Crippen molar-refractivity contribution in [1.82, 2.24) is 19.6 Å². The lowest BCUT2D eigenvalue weighted by molar-refractivity contribution is -0.116. The molecule has 23 heavy (non-hydrogen) atoms. The number of hydrogen-bond acceptors (Lipinski definition) is 3. The molecule has 3 heterocycles. The second-order valence-electron chi connectivity index (χ2n) is 5.84. The van der Waals surface area contributed by atoms with Crippen molar-refractivity contribution >= 4 is 11.7 Å². The normalized spacial score (nSPS) is 16.9. The van der Waals surface area contributed by atoms with E-state index in [0.717, 1.165) is 22.5 Å². The lowest BCUT2D eigenvalue weighted by Gasteiger charge is -2.22. The third-order valence-corrected chi connectivity index (χ3v) is 4.19. The van der Waals surface area contributed by atoms with Crippen LogP contribution in [0.25, 0.3) is 0 Å². The summed E-state index contributed by atoms with van der Waals surface area (Å²) in [4.78, 5) is 12.1. The zero-order chi connectivity index (χ0) is 15.8. The molecule has 1 amide bonds. The summed E-state index contributed by atoms with van der Waals surface area (Å²) in [5, 5.41) is 11.7. The Morgan fingerprint density at radius 2 is 2.04 bits per heavy atom. The van der Waals surface area contributed by atoms with E-state index in [-0.39, 0.29) is 11.8 Å². The summed E-state index contributed by atoms with van der Waals surface area (Å²) in [6, 6.07) is 10.1. The Morgan fingerprint density at radius 1 is 1.22 bits per heavy atom. The molecule has 0 fully saturated rings. The van der Waals surface area contributed by atoms with E-state index in [2.05, 4.69) is 27.6 Å². The Balaban J connectivity index is 1.71. The molecule has 4 rings (SSSR count). The van der Waals surface area contributed by atoms with Crippen LogP contribution in [0.1, 0.15) is 29.0 Å². The fraction of sp³-hybridized carbons (Fsp3) is 0.235. The minimum atomic E-state index is 0.0111. The van der Waals surface area contributed by atoms with Crippen LogP contribution in [0.4, 0.5) is 5.82 Å². The van der Waals surface area contributed by atoms with Gasteiger partial charge in [0.15, 0.2) is 0 Å². The highest BCUT2D eigenvalue weighted by Gasteiger charge is 2.30. The number of hydrogen-bond donors (Lipinski definition) is 1. The van der Waals surface area contributed by atoms with Gasteiger partial charge in [-0.05, 0) is 11.1 Å². The van der Waals surface area contributed by atoms with Gasteiger partial charge in [0, 0.05) is 31.1 Å². The van der Waals surface area contributed by atoms with Gasteiger partial charge in [0.1, 0.15) is 5.82 Å². The van der Waals surface area contributed by atoms with Crippen LogP contribution in [0.5, 0.6) is 0 Å². The maximum Gasteiger partial charge on any atom is 0.226 e. The first-order valence-corrected chi connectivity index (χ1v) is 7.59. The van der Waals surface area contributed by atoms with Crippen molar-refractivity contribution in [2.45, 2.75) is 18.9 Å². The summed E-state index contributed by atoms with van der Waals surface area (Å²) in [5.74, 6) is 0.817. The van der Waals surface area contributed by atoms with Gasteiger partial charge in [0.05, 0.1) is 18.9 Å². The van der Waals surface area contributed by atoms with Gasteiger partial charge in [0.25, 0.3) is 0 Å². The zero-order valence-electron chi connectivity index (χ0n) is 12.8. The Kier molecular flexibility index (Phi) is 3.22. The van der Waals surface area contributed by atoms with Gasteiger partial charge < -0.3 is 5.32 Å². The molecule has 116 valence electrons. The van der Waals surface area contributed by atoms with Crippen molar-refractivity contribution in [3.63, 3.8) is 0 Å². The Labute approximate surface area is 133 Å². The van der Waals surface area contributed by atoms with Gasteiger partial charge in [-0.1, -0.05) is 30.3 Å². The van der Waals surface area contributed by atoms with E-state index in [9.17, 15) is 4.79 Å². The van der Waals surface area contributed by atoms with Gasteiger partial charge in [-0.15, -0.1) is 0 Å². The van der Waals surface area contributed by atoms with Crippen molar-refractivity contribution < 1.29 is 4.79 Å². The van der Waals surface area contributed by atoms with Crippen LogP contribution in [-0.2, 0) is 18.4 Å². The minimum Gasteiger partial charge on any atom is -0.311 e. The molecule has 6 nitrogen and oxygen atoms in total. The van der Waals surface area contributed by atoms with Crippen molar-refractivity contribution in [2.24, 2.45) is 7.05 Å². The number of nitrogens with one attached hydrogen (secondary N) is 1. The molecule has 0 bridgehead atoms. The third kappa shape index (κ3) is 2.52. The molecule has 3 aromatic rings. The molecule has 0 saturated carbocycles. The first-order chi connectivity index (χ1) is 11.2. The molecule has 0 spiro atoms. The van der Waals surface area contributed by atoms with Gasteiger partial charge in [-0.3, -0.25) is 9.48 Å². The smallest absolute Gasteiger partial charge is 0.226 e. The van der Waals surface area contributed by atoms with Crippen LogP contribution in [0.15, 0.2) is 48.9 Å². The van der Waals surface area contributed by atoms with E-state index in [4.69, 9.17) is 0 Å². The summed E-state index contributed by atoms with van der Waals surface area (Å²) in [5.41, 5.74) is 3.24. The van der Waals surface area contributed by atoms with Crippen molar-refractivity contribution in [3.8, 4) is 0 Å². The fourth-order valence-electron chi connectivity index (χ4n) is 3.06. The van der Waals surface area contributed by atoms with E-state index in [0.29, 0.717) is 13.0 Å². The number of anilines is 1. The average Bonchev–Trinajstić information content (AvgIpc) is 3.15. The summed E-state index contributed by atoms with van der Waals surface area (Å²) >= 11 is 0. The topological polar surface area (TPSA) is 64.7 Å². The zero-order valence-corrected chi connectivity index (χ0v) is 12.8. The number of amides is 1. The van der Waals surface area contributed by atoms with Crippen LogP contribution in [-0.4, -0.2) is 25.5 Å². The highest BCUT2D eigenvalue weighted by atomic mass is 16.1. The molecular formula is C17H17N5O. The molecule has 1 aromatic carbocycles. The van der Waals surface area contributed by atoms with E-state index in [1.54, 1.807) is 4.68 Å². The lowest BCUT2D eigenvalue weighted by Crippen LogP contribution is -2.24. The first-order valence-electron chi connectivity index (χ1n) is 7.59. The molecule has 1 atom stereocenters. The Morgan fingerprint density at radius 3 is 2.78 bits per heavy atom. The van der Waals surface area contributed by atoms with E-state index in [1.165, 1.54) is 0 Å². The van der Waals surface area contributed by atoms with Gasteiger partial charge in [0.2, 0.25) is 5.91 Å². The van der Waals surface area contributed by atoms with Crippen molar-refractivity contribution in [1.29, 1.82) is 0 Å². The molecule has 0 unspecified atom stereocenters. The van der Waals surface area contributed by atoms with Crippen LogP contribution in [0.3, 0.4) is 0 Å².